The third-order valence-electron chi connectivity index (χ3n) is 5.19. The van der Waals surface area contributed by atoms with Gasteiger partial charge in [-0.05, 0) is 48.2 Å². The second kappa shape index (κ2) is 6.93. The predicted molar refractivity (Wildman–Crippen MR) is 98.6 cm³/mol. The summed E-state index contributed by atoms with van der Waals surface area (Å²) in [7, 11) is 0. The lowest BCUT2D eigenvalue weighted by Gasteiger charge is -2.38. The van der Waals surface area contributed by atoms with Gasteiger partial charge in [0.15, 0.2) is 0 Å². The first-order chi connectivity index (χ1) is 11.4. The van der Waals surface area contributed by atoms with Crippen molar-refractivity contribution in [3.63, 3.8) is 0 Å². The molecular weight excluding hydrogens is 415 g/mol. The monoisotopic (exact) mass is 431 g/mol. The Balaban J connectivity index is 0.00000182. The van der Waals surface area contributed by atoms with Crippen molar-refractivity contribution in [3.8, 4) is 0 Å². The molecule has 2 aliphatic heterocycles. The van der Waals surface area contributed by atoms with Crippen molar-refractivity contribution < 1.29 is 13.2 Å². The smallest absolute Gasteiger partial charge is 0.295 e. The average Bonchev–Trinajstić information content (AvgIpc) is 3.02. The van der Waals surface area contributed by atoms with Crippen LogP contribution < -0.4 is 0 Å². The SMILES string of the molecule is Br.FC(F)(F)c1cccc([C@@H]2CN3CCC[C@H]3c3cccc(Cl)c32)c1. The van der Waals surface area contributed by atoms with Crippen LogP contribution in [0.5, 0.6) is 0 Å². The Morgan fingerprint density at radius 3 is 2.60 bits per heavy atom. The van der Waals surface area contributed by atoms with E-state index in [1.807, 2.05) is 12.1 Å². The summed E-state index contributed by atoms with van der Waals surface area (Å²) < 4.78 is 39.3. The van der Waals surface area contributed by atoms with Crippen molar-refractivity contribution in [2.45, 2.75) is 31.0 Å². The Morgan fingerprint density at radius 1 is 1.08 bits per heavy atom. The molecular formula is C19H18BrClF3N. The van der Waals surface area contributed by atoms with Gasteiger partial charge in [-0.2, -0.15) is 13.2 Å². The zero-order valence-corrected chi connectivity index (χ0v) is 15.9. The van der Waals surface area contributed by atoms with E-state index in [1.165, 1.54) is 17.7 Å². The quantitative estimate of drug-likeness (QED) is 0.517. The van der Waals surface area contributed by atoms with E-state index in [0.717, 1.165) is 37.6 Å². The molecule has 0 spiro atoms. The minimum atomic E-state index is -4.33. The van der Waals surface area contributed by atoms with Gasteiger partial charge in [0.2, 0.25) is 0 Å². The van der Waals surface area contributed by atoms with Crippen LogP contribution >= 0.6 is 28.6 Å². The first-order valence-corrected chi connectivity index (χ1v) is 8.52. The number of hydrogen-bond donors (Lipinski definition) is 0. The molecule has 2 aromatic carbocycles. The van der Waals surface area contributed by atoms with Crippen LogP contribution in [0.25, 0.3) is 0 Å². The number of rotatable bonds is 1. The van der Waals surface area contributed by atoms with Gasteiger partial charge in [-0.25, -0.2) is 0 Å². The van der Waals surface area contributed by atoms with Crippen LogP contribution in [0.15, 0.2) is 42.5 Å². The maximum atomic E-state index is 13.1. The minimum Gasteiger partial charge on any atom is -0.295 e. The van der Waals surface area contributed by atoms with Crippen molar-refractivity contribution >= 4 is 28.6 Å². The highest BCUT2D eigenvalue weighted by Crippen LogP contribution is 2.47. The number of fused-ring (bicyclic) bond motifs is 3. The highest BCUT2D eigenvalue weighted by atomic mass is 79.9. The molecule has 0 N–H and O–H groups in total. The topological polar surface area (TPSA) is 3.24 Å². The van der Waals surface area contributed by atoms with Crippen LogP contribution in [-0.2, 0) is 6.18 Å². The second-order valence-electron chi connectivity index (χ2n) is 6.57. The average molecular weight is 433 g/mol. The van der Waals surface area contributed by atoms with Crippen LogP contribution in [0.2, 0.25) is 5.02 Å². The summed E-state index contributed by atoms with van der Waals surface area (Å²) in [5, 5.41) is 0.654. The molecule has 0 saturated carbocycles. The Bertz CT molecular complexity index is 778. The number of nitrogens with zero attached hydrogens (tertiary/aromatic N) is 1. The maximum absolute atomic E-state index is 13.1. The fourth-order valence-electron chi connectivity index (χ4n) is 4.14. The molecule has 2 aliphatic rings. The molecule has 1 saturated heterocycles. The molecule has 4 rings (SSSR count). The van der Waals surface area contributed by atoms with Crippen molar-refractivity contribution in [2.24, 2.45) is 0 Å². The zero-order chi connectivity index (χ0) is 16.9. The fraction of sp³-hybridized carbons (Fsp3) is 0.368. The lowest BCUT2D eigenvalue weighted by atomic mass is 9.81. The van der Waals surface area contributed by atoms with Gasteiger partial charge in [0.25, 0.3) is 0 Å². The lowest BCUT2D eigenvalue weighted by molar-refractivity contribution is -0.137. The van der Waals surface area contributed by atoms with Crippen LogP contribution in [0.4, 0.5) is 13.2 Å². The van der Waals surface area contributed by atoms with Gasteiger partial charge in [0, 0.05) is 23.5 Å². The predicted octanol–water partition coefficient (Wildman–Crippen LogP) is 6.22. The summed E-state index contributed by atoms with van der Waals surface area (Å²) in [6, 6.07) is 11.9. The van der Waals surface area contributed by atoms with E-state index in [4.69, 9.17) is 11.6 Å². The molecule has 0 unspecified atom stereocenters. The van der Waals surface area contributed by atoms with Gasteiger partial charge < -0.3 is 0 Å². The van der Waals surface area contributed by atoms with Crippen molar-refractivity contribution in [1.82, 2.24) is 4.90 Å². The molecule has 134 valence electrons. The molecule has 2 heterocycles. The zero-order valence-electron chi connectivity index (χ0n) is 13.4. The van der Waals surface area contributed by atoms with E-state index >= 15 is 0 Å². The second-order valence-corrected chi connectivity index (χ2v) is 6.98. The standard InChI is InChI=1S/C19H17ClF3N.BrH/c20-16-7-2-6-14-17-8-3-9-24(17)11-15(18(14)16)12-4-1-5-13(10-12)19(21,22)23;/h1-2,4-7,10,15,17H,3,8-9,11H2;1H/t15-,17-;/m0./s1. The number of hydrogen-bond acceptors (Lipinski definition) is 1. The summed E-state index contributed by atoms with van der Waals surface area (Å²) in [4.78, 5) is 2.38. The molecule has 0 aromatic heterocycles. The van der Waals surface area contributed by atoms with Crippen LogP contribution in [0.1, 0.15) is 47.1 Å². The van der Waals surface area contributed by atoms with E-state index in [2.05, 4.69) is 11.0 Å². The Labute approximate surface area is 160 Å². The molecule has 6 heteroatoms. The maximum Gasteiger partial charge on any atom is 0.416 e. The van der Waals surface area contributed by atoms with E-state index < -0.39 is 11.7 Å². The molecule has 2 aromatic rings. The van der Waals surface area contributed by atoms with Crippen molar-refractivity contribution in [3.05, 3.63) is 69.7 Å². The highest BCUT2D eigenvalue weighted by molar-refractivity contribution is 8.93. The van der Waals surface area contributed by atoms with Crippen LogP contribution in [-0.4, -0.2) is 18.0 Å². The molecule has 0 bridgehead atoms. The Morgan fingerprint density at radius 2 is 1.84 bits per heavy atom. The highest BCUT2D eigenvalue weighted by Gasteiger charge is 2.38. The van der Waals surface area contributed by atoms with Crippen LogP contribution in [0, 0.1) is 0 Å². The van der Waals surface area contributed by atoms with Gasteiger partial charge >= 0.3 is 6.18 Å². The molecule has 0 aliphatic carbocycles. The van der Waals surface area contributed by atoms with E-state index in [1.54, 1.807) is 6.07 Å². The normalized spacial score (nSPS) is 22.9. The van der Waals surface area contributed by atoms with Crippen molar-refractivity contribution in [2.75, 3.05) is 13.1 Å². The first kappa shape index (κ1) is 18.7. The number of alkyl halides is 3. The summed E-state index contributed by atoms with van der Waals surface area (Å²) >= 11 is 6.47. The fourth-order valence-corrected chi connectivity index (χ4v) is 4.45. The summed E-state index contributed by atoms with van der Waals surface area (Å²) in [6.45, 7) is 1.72. The summed E-state index contributed by atoms with van der Waals surface area (Å²) in [6.07, 6.45) is -2.13. The number of benzene rings is 2. The van der Waals surface area contributed by atoms with E-state index in [9.17, 15) is 13.2 Å². The lowest BCUT2D eigenvalue weighted by Crippen LogP contribution is -2.34. The van der Waals surface area contributed by atoms with Gasteiger partial charge in [-0.3, -0.25) is 4.90 Å². The van der Waals surface area contributed by atoms with Gasteiger partial charge in [-0.1, -0.05) is 41.9 Å². The Kier molecular flexibility index (Phi) is 5.20. The third-order valence-corrected chi connectivity index (χ3v) is 5.52. The molecule has 0 amide bonds. The van der Waals surface area contributed by atoms with Gasteiger partial charge in [-0.15, -0.1) is 17.0 Å². The van der Waals surface area contributed by atoms with E-state index in [0.29, 0.717) is 16.6 Å². The molecule has 0 radical (unpaired) electrons. The molecule has 2 atom stereocenters. The minimum absolute atomic E-state index is 0. The van der Waals surface area contributed by atoms with Gasteiger partial charge in [0.05, 0.1) is 5.56 Å². The van der Waals surface area contributed by atoms with E-state index in [-0.39, 0.29) is 22.9 Å². The van der Waals surface area contributed by atoms with Crippen molar-refractivity contribution in [1.29, 1.82) is 0 Å². The number of halogens is 5. The Hall–Kier alpha value is -1.04. The first-order valence-electron chi connectivity index (χ1n) is 8.14. The molecule has 1 nitrogen and oxygen atoms in total. The van der Waals surface area contributed by atoms with Crippen LogP contribution in [0.3, 0.4) is 0 Å². The molecule has 25 heavy (non-hydrogen) atoms. The largest absolute Gasteiger partial charge is 0.416 e. The summed E-state index contributed by atoms with van der Waals surface area (Å²) in [5.74, 6) is -0.120. The summed E-state index contributed by atoms with van der Waals surface area (Å²) in [5.41, 5.74) is 2.26. The van der Waals surface area contributed by atoms with Gasteiger partial charge in [0.1, 0.15) is 0 Å². The molecule has 1 fully saturated rings. The third kappa shape index (κ3) is 3.34.